The van der Waals surface area contributed by atoms with E-state index in [2.05, 4.69) is 0 Å². The summed E-state index contributed by atoms with van der Waals surface area (Å²) in [6, 6.07) is 0. The average molecular weight is 226 g/mol. The minimum atomic E-state index is -0.284. The van der Waals surface area contributed by atoms with Gasteiger partial charge in [0, 0.05) is 12.7 Å². The lowest BCUT2D eigenvalue weighted by atomic mass is 10.4. The molecule has 0 aliphatic carbocycles. The summed E-state index contributed by atoms with van der Waals surface area (Å²) < 4.78 is 4.78. The molecule has 0 aromatic carbocycles. The van der Waals surface area contributed by atoms with Gasteiger partial charge in [0.25, 0.3) is 0 Å². The number of allylic oxidation sites excluding steroid dienone is 2. The predicted molar refractivity (Wildman–Crippen MR) is 56.5 cm³/mol. The highest BCUT2D eigenvalue weighted by Crippen LogP contribution is 2.00. The molecule has 0 saturated heterocycles. The van der Waals surface area contributed by atoms with Gasteiger partial charge in [-0.25, -0.2) is 4.79 Å². The Hall–Kier alpha value is -0.670. The molecule has 5 heteroatoms. The van der Waals surface area contributed by atoms with Gasteiger partial charge >= 0.3 is 6.09 Å². The Labute approximate surface area is 90.2 Å². The molecule has 1 aliphatic heterocycles. The van der Waals surface area contributed by atoms with Gasteiger partial charge in [0.1, 0.15) is 0 Å². The lowest BCUT2D eigenvalue weighted by molar-refractivity contribution is 0.125. The number of hydrogen-bond donors (Lipinski definition) is 0. The van der Waals surface area contributed by atoms with Crippen LogP contribution < -0.4 is 0 Å². The van der Waals surface area contributed by atoms with Crippen LogP contribution in [0.4, 0.5) is 4.79 Å². The Morgan fingerprint density at radius 3 is 2.62 bits per heavy atom. The first-order valence-corrected chi connectivity index (χ1v) is 3.61. The zero-order chi connectivity index (χ0) is 8.10. The predicted octanol–water partition coefficient (Wildman–Crippen LogP) is 2.37. The SMILES string of the molecule is CCOC(=O)N1C=CC=CC1.Cl.Cl. The van der Waals surface area contributed by atoms with Crippen LogP contribution in [0.25, 0.3) is 0 Å². The second kappa shape index (κ2) is 7.95. The first-order valence-electron chi connectivity index (χ1n) is 3.61. The van der Waals surface area contributed by atoms with E-state index in [4.69, 9.17) is 4.74 Å². The molecule has 0 N–H and O–H groups in total. The van der Waals surface area contributed by atoms with Crippen molar-refractivity contribution in [1.29, 1.82) is 0 Å². The van der Waals surface area contributed by atoms with Gasteiger partial charge in [0.05, 0.1) is 6.61 Å². The number of halogens is 2. The summed E-state index contributed by atoms with van der Waals surface area (Å²) in [4.78, 5) is 12.5. The number of carbonyl (C=O) groups excluding carboxylic acids is 1. The maximum Gasteiger partial charge on any atom is 0.414 e. The van der Waals surface area contributed by atoms with Crippen molar-refractivity contribution in [3.05, 3.63) is 24.4 Å². The second-order valence-corrected chi connectivity index (χ2v) is 2.12. The van der Waals surface area contributed by atoms with Crippen molar-refractivity contribution in [3.63, 3.8) is 0 Å². The summed E-state index contributed by atoms with van der Waals surface area (Å²) in [5.41, 5.74) is 0. The van der Waals surface area contributed by atoms with Crippen LogP contribution in [0.2, 0.25) is 0 Å². The molecule has 3 nitrogen and oxygen atoms in total. The van der Waals surface area contributed by atoms with Crippen molar-refractivity contribution in [1.82, 2.24) is 4.90 Å². The van der Waals surface area contributed by atoms with Crippen LogP contribution in [0, 0.1) is 0 Å². The van der Waals surface area contributed by atoms with Gasteiger partial charge in [0.2, 0.25) is 0 Å². The van der Waals surface area contributed by atoms with E-state index in [1.54, 1.807) is 19.2 Å². The molecule has 0 aromatic heterocycles. The first kappa shape index (κ1) is 14.8. The second-order valence-electron chi connectivity index (χ2n) is 2.12. The number of rotatable bonds is 1. The monoisotopic (exact) mass is 225 g/mol. The lowest BCUT2D eigenvalue weighted by Gasteiger charge is -2.16. The van der Waals surface area contributed by atoms with Gasteiger partial charge in [-0.2, -0.15) is 0 Å². The zero-order valence-corrected chi connectivity index (χ0v) is 8.94. The van der Waals surface area contributed by atoms with Crippen LogP contribution in [0.5, 0.6) is 0 Å². The summed E-state index contributed by atoms with van der Waals surface area (Å²) in [6.07, 6.45) is 7.03. The van der Waals surface area contributed by atoms with Gasteiger partial charge < -0.3 is 4.74 Å². The molecule has 1 amide bonds. The molecule has 13 heavy (non-hydrogen) atoms. The fourth-order valence-corrected chi connectivity index (χ4v) is 0.809. The normalized spacial score (nSPS) is 12.8. The van der Waals surface area contributed by atoms with Crippen molar-refractivity contribution in [3.8, 4) is 0 Å². The lowest BCUT2D eigenvalue weighted by Crippen LogP contribution is -2.27. The molecule has 0 aromatic rings. The Kier molecular flexibility index (Phi) is 9.07. The number of ether oxygens (including phenoxy) is 1. The van der Waals surface area contributed by atoms with E-state index < -0.39 is 0 Å². The average Bonchev–Trinajstić information content (AvgIpc) is 2.07. The minimum absolute atomic E-state index is 0. The van der Waals surface area contributed by atoms with Crippen LogP contribution in [0.3, 0.4) is 0 Å². The van der Waals surface area contributed by atoms with E-state index in [1.807, 2.05) is 12.2 Å². The number of hydrogen-bond acceptors (Lipinski definition) is 2. The molecular formula is C8H13Cl2NO2. The van der Waals surface area contributed by atoms with Gasteiger partial charge in [-0.3, -0.25) is 4.90 Å². The minimum Gasteiger partial charge on any atom is -0.449 e. The third-order valence-electron chi connectivity index (χ3n) is 1.32. The third kappa shape index (κ3) is 4.80. The maximum atomic E-state index is 11.0. The topological polar surface area (TPSA) is 29.5 Å². The van der Waals surface area contributed by atoms with Crippen LogP contribution in [0.15, 0.2) is 24.4 Å². The molecule has 0 unspecified atom stereocenters. The van der Waals surface area contributed by atoms with Gasteiger partial charge in [-0.1, -0.05) is 12.2 Å². The molecule has 0 atom stereocenters. The molecule has 0 saturated carbocycles. The molecule has 0 fully saturated rings. The molecule has 1 heterocycles. The Bertz CT molecular complexity index is 204. The first-order chi connectivity index (χ1) is 5.34. The van der Waals surface area contributed by atoms with Crippen LogP contribution in [-0.2, 0) is 4.74 Å². The van der Waals surface area contributed by atoms with Crippen molar-refractivity contribution in [2.45, 2.75) is 6.92 Å². The highest BCUT2D eigenvalue weighted by atomic mass is 35.5. The highest BCUT2D eigenvalue weighted by molar-refractivity contribution is 5.85. The molecule has 0 bridgehead atoms. The van der Waals surface area contributed by atoms with E-state index >= 15 is 0 Å². The smallest absolute Gasteiger partial charge is 0.414 e. The number of carbonyl (C=O) groups is 1. The molecular weight excluding hydrogens is 213 g/mol. The molecule has 76 valence electrons. The van der Waals surface area contributed by atoms with E-state index in [0.717, 1.165) is 0 Å². The van der Waals surface area contributed by atoms with E-state index in [-0.39, 0.29) is 30.9 Å². The molecule has 0 spiro atoms. The van der Waals surface area contributed by atoms with Gasteiger partial charge in [-0.05, 0) is 13.0 Å². The third-order valence-corrected chi connectivity index (χ3v) is 1.32. The summed E-state index contributed by atoms with van der Waals surface area (Å²) in [7, 11) is 0. The molecule has 1 rings (SSSR count). The summed E-state index contributed by atoms with van der Waals surface area (Å²) in [6.45, 7) is 2.82. The summed E-state index contributed by atoms with van der Waals surface area (Å²) >= 11 is 0. The van der Waals surface area contributed by atoms with Gasteiger partial charge in [-0.15, -0.1) is 24.8 Å². The van der Waals surface area contributed by atoms with E-state index in [1.165, 1.54) is 4.90 Å². The van der Waals surface area contributed by atoms with Crippen LogP contribution in [0.1, 0.15) is 6.92 Å². The fraction of sp³-hybridized carbons (Fsp3) is 0.375. The summed E-state index contributed by atoms with van der Waals surface area (Å²) in [5, 5.41) is 0. The number of amides is 1. The van der Waals surface area contributed by atoms with E-state index in [9.17, 15) is 4.79 Å². The fourth-order valence-electron chi connectivity index (χ4n) is 0.809. The summed E-state index contributed by atoms with van der Waals surface area (Å²) in [5.74, 6) is 0. The standard InChI is InChI=1S/C8H11NO2.2ClH/c1-2-11-8(10)9-6-4-3-5-7-9;;/h3-6H,2,7H2,1H3;2*1H. The molecule has 0 radical (unpaired) electrons. The van der Waals surface area contributed by atoms with E-state index in [0.29, 0.717) is 13.2 Å². The Balaban J connectivity index is 0. The van der Waals surface area contributed by atoms with Gasteiger partial charge in [0.15, 0.2) is 0 Å². The van der Waals surface area contributed by atoms with Crippen LogP contribution in [-0.4, -0.2) is 24.1 Å². The zero-order valence-electron chi connectivity index (χ0n) is 7.30. The van der Waals surface area contributed by atoms with Crippen LogP contribution >= 0.6 is 24.8 Å². The Morgan fingerprint density at radius 2 is 2.15 bits per heavy atom. The largest absolute Gasteiger partial charge is 0.449 e. The van der Waals surface area contributed by atoms with Crippen molar-refractivity contribution in [2.75, 3.05) is 13.2 Å². The Morgan fingerprint density at radius 1 is 1.46 bits per heavy atom. The van der Waals surface area contributed by atoms with Crippen molar-refractivity contribution in [2.24, 2.45) is 0 Å². The van der Waals surface area contributed by atoms with Crippen molar-refractivity contribution >= 4 is 30.9 Å². The van der Waals surface area contributed by atoms with Crippen molar-refractivity contribution < 1.29 is 9.53 Å². The molecule has 1 aliphatic rings. The number of nitrogens with zero attached hydrogens (tertiary/aromatic N) is 1. The quantitative estimate of drug-likeness (QED) is 0.686. The maximum absolute atomic E-state index is 11.0. The highest BCUT2D eigenvalue weighted by Gasteiger charge is 2.09.